The molecule has 33 heavy (non-hydrogen) atoms. The fourth-order valence-electron chi connectivity index (χ4n) is 4.89. The molecule has 0 unspecified atom stereocenters. The Morgan fingerprint density at radius 1 is 1.09 bits per heavy atom. The SMILES string of the molecule is CSN1CC2(C1)C(=O)N(Cc1ncc3cc(Cl)ccc3c1-c1cncnc1)c1cnccc12. The van der Waals surface area contributed by atoms with E-state index >= 15 is 0 Å². The summed E-state index contributed by atoms with van der Waals surface area (Å²) >= 11 is 7.90. The van der Waals surface area contributed by atoms with Gasteiger partial charge in [0.1, 0.15) is 11.7 Å². The number of pyridine rings is 2. The molecular weight excluding hydrogens is 456 g/mol. The van der Waals surface area contributed by atoms with Gasteiger partial charge >= 0.3 is 0 Å². The van der Waals surface area contributed by atoms with Crippen LogP contribution in [0, 0.1) is 0 Å². The maximum atomic E-state index is 13.8. The quantitative estimate of drug-likeness (QED) is 0.412. The minimum absolute atomic E-state index is 0.101. The molecule has 0 radical (unpaired) electrons. The lowest BCUT2D eigenvalue weighted by Crippen LogP contribution is -2.61. The lowest BCUT2D eigenvalue weighted by molar-refractivity contribution is -0.126. The number of fused-ring (bicyclic) bond motifs is 3. The van der Waals surface area contributed by atoms with Gasteiger partial charge in [0.25, 0.3) is 0 Å². The van der Waals surface area contributed by atoms with Crippen molar-refractivity contribution in [1.82, 2.24) is 24.2 Å². The van der Waals surface area contributed by atoms with Gasteiger partial charge in [0.15, 0.2) is 0 Å². The van der Waals surface area contributed by atoms with E-state index in [2.05, 4.69) is 19.3 Å². The molecule has 9 heteroatoms. The zero-order valence-corrected chi connectivity index (χ0v) is 19.3. The largest absolute Gasteiger partial charge is 0.304 e. The molecule has 1 saturated heterocycles. The highest BCUT2D eigenvalue weighted by Gasteiger charge is 2.58. The first-order chi connectivity index (χ1) is 16.1. The summed E-state index contributed by atoms with van der Waals surface area (Å²) in [7, 11) is 0. The van der Waals surface area contributed by atoms with Crippen molar-refractivity contribution in [1.29, 1.82) is 0 Å². The van der Waals surface area contributed by atoms with E-state index in [9.17, 15) is 4.79 Å². The van der Waals surface area contributed by atoms with Gasteiger partial charge in [0.05, 0.1) is 24.1 Å². The van der Waals surface area contributed by atoms with Crippen LogP contribution >= 0.6 is 23.5 Å². The van der Waals surface area contributed by atoms with E-state index in [-0.39, 0.29) is 5.91 Å². The molecule has 1 spiro atoms. The van der Waals surface area contributed by atoms with Gasteiger partial charge in [0.2, 0.25) is 5.91 Å². The van der Waals surface area contributed by atoms with Crippen molar-refractivity contribution in [2.45, 2.75) is 12.0 Å². The lowest BCUT2D eigenvalue weighted by Gasteiger charge is -2.45. The van der Waals surface area contributed by atoms with E-state index in [1.165, 1.54) is 6.33 Å². The third-order valence-corrected chi connectivity index (χ3v) is 7.51. The van der Waals surface area contributed by atoms with E-state index in [4.69, 9.17) is 16.6 Å². The average Bonchev–Trinajstić information content (AvgIpc) is 3.06. The number of halogens is 1. The van der Waals surface area contributed by atoms with Crippen LogP contribution in [0.1, 0.15) is 11.3 Å². The average molecular weight is 475 g/mol. The molecule has 7 nitrogen and oxygen atoms in total. The zero-order chi connectivity index (χ0) is 22.6. The van der Waals surface area contributed by atoms with Crippen molar-refractivity contribution >= 4 is 45.9 Å². The molecule has 0 atom stereocenters. The van der Waals surface area contributed by atoms with Gasteiger partial charge < -0.3 is 4.90 Å². The Morgan fingerprint density at radius 3 is 2.70 bits per heavy atom. The van der Waals surface area contributed by atoms with Crippen LogP contribution in [-0.2, 0) is 16.8 Å². The Kier molecular flexibility index (Phi) is 4.83. The van der Waals surface area contributed by atoms with Gasteiger partial charge in [-0.2, -0.15) is 0 Å². The number of hydrogen-bond donors (Lipinski definition) is 0. The number of carbonyl (C=O) groups excluding carboxylic acids is 1. The number of amides is 1. The second-order valence-electron chi connectivity index (χ2n) is 8.29. The van der Waals surface area contributed by atoms with E-state index in [1.807, 2.05) is 41.6 Å². The standard InChI is InChI=1S/C24H19ClN6OS/c1-33-30-12-24(13-30)19-4-5-26-10-21(19)31(23(24)32)11-20-22(16-7-27-14-28-8-16)18-3-2-17(25)6-15(18)9-29-20/h2-10,14H,11-13H2,1H3. The van der Waals surface area contributed by atoms with Gasteiger partial charge in [0, 0.05) is 59.4 Å². The van der Waals surface area contributed by atoms with Crippen LogP contribution in [0.3, 0.4) is 0 Å². The molecule has 0 aliphatic carbocycles. The number of anilines is 1. The van der Waals surface area contributed by atoms with E-state index < -0.39 is 5.41 Å². The predicted molar refractivity (Wildman–Crippen MR) is 130 cm³/mol. The first-order valence-corrected chi connectivity index (χ1v) is 12.0. The summed E-state index contributed by atoms with van der Waals surface area (Å²) in [4.78, 5) is 33.1. The minimum atomic E-state index is -0.512. The highest BCUT2D eigenvalue weighted by molar-refractivity contribution is 7.96. The van der Waals surface area contributed by atoms with Gasteiger partial charge in [-0.15, -0.1) is 0 Å². The smallest absolute Gasteiger partial charge is 0.240 e. The monoisotopic (exact) mass is 474 g/mol. The Labute approximate surface area is 200 Å². The fourth-order valence-corrected chi connectivity index (χ4v) is 5.77. The summed E-state index contributed by atoms with van der Waals surface area (Å²) < 4.78 is 2.20. The molecule has 1 amide bonds. The Morgan fingerprint density at radius 2 is 1.91 bits per heavy atom. The summed E-state index contributed by atoms with van der Waals surface area (Å²) in [5.41, 5.74) is 3.92. The molecule has 1 aromatic carbocycles. The zero-order valence-electron chi connectivity index (χ0n) is 17.8. The highest BCUT2D eigenvalue weighted by Crippen LogP contribution is 2.49. The number of nitrogens with zero attached hydrogens (tertiary/aromatic N) is 6. The molecule has 3 aromatic heterocycles. The van der Waals surface area contributed by atoms with Gasteiger partial charge in [-0.25, -0.2) is 14.3 Å². The third kappa shape index (κ3) is 3.13. The first kappa shape index (κ1) is 20.5. The van der Waals surface area contributed by atoms with Crippen LogP contribution in [0.4, 0.5) is 5.69 Å². The van der Waals surface area contributed by atoms with E-state index in [0.717, 1.165) is 38.8 Å². The van der Waals surface area contributed by atoms with E-state index in [1.54, 1.807) is 36.7 Å². The highest BCUT2D eigenvalue weighted by atomic mass is 35.5. The molecule has 4 aromatic rings. The number of carbonyl (C=O) groups is 1. The normalized spacial score (nSPS) is 16.9. The maximum absolute atomic E-state index is 13.8. The van der Waals surface area contributed by atoms with Crippen molar-refractivity contribution in [3.8, 4) is 11.1 Å². The van der Waals surface area contributed by atoms with E-state index in [0.29, 0.717) is 24.7 Å². The van der Waals surface area contributed by atoms with Crippen molar-refractivity contribution in [2.24, 2.45) is 0 Å². The van der Waals surface area contributed by atoms with Crippen LogP contribution in [0.2, 0.25) is 5.02 Å². The van der Waals surface area contributed by atoms with Crippen LogP contribution < -0.4 is 4.90 Å². The summed E-state index contributed by atoms with van der Waals surface area (Å²) in [6.07, 6.45) is 12.4. The molecule has 5 heterocycles. The van der Waals surface area contributed by atoms with Crippen LogP contribution in [0.5, 0.6) is 0 Å². The van der Waals surface area contributed by atoms with Crippen LogP contribution in [0.25, 0.3) is 21.9 Å². The number of hydrogen-bond acceptors (Lipinski definition) is 7. The Balaban J connectivity index is 1.48. The predicted octanol–water partition coefficient (Wildman–Crippen LogP) is 4.12. The Hall–Kier alpha value is -3.07. The van der Waals surface area contributed by atoms with Gasteiger partial charge in [-0.05, 0) is 35.4 Å². The molecule has 2 aliphatic rings. The molecule has 164 valence electrons. The molecule has 0 N–H and O–H groups in total. The summed E-state index contributed by atoms with van der Waals surface area (Å²) in [6.45, 7) is 1.73. The first-order valence-electron chi connectivity index (χ1n) is 10.5. The third-order valence-electron chi connectivity index (χ3n) is 6.50. The summed E-state index contributed by atoms with van der Waals surface area (Å²) in [5.74, 6) is 0.101. The van der Waals surface area contributed by atoms with Crippen molar-refractivity contribution in [2.75, 3.05) is 24.2 Å². The molecule has 0 saturated carbocycles. The molecular formula is C24H19ClN6OS. The van der Waals surface area contributed by atoms with Gasteiger partial charge in [-0.3, -0.25) is 14.8 Å². The summed E-state index contributed by atoms with van der Waals surface area (Å²) in [6, 6.07) is 7.71. The molecule has 2 aliphatic heterocycles. The fraction of sp³-hybridized carbons (Fsp3) is 0.208. The number of aromatic nitrogens is 4. The molecule has 1 fully saturated rings. The van der Waals surface area contributed by atoms with Crippen LogP contribution in [-0.4, -0.2) is 49.5 Å². The molecule has 6 rings (SSSR count). The lowest BCUT2D eigenvalue weighted by atomic mass is 9.76. The molecule has 0 bridgehead atoms. The summed E-state index contributed by atoms with van der Waals surface area (Å²) in [5, 5.41) is 2.56. The second kappa shape index (κ2) is 7.76. The van der Waals surface area contributed by atoms with Gasteiger partial charge in [-0.1, -0.05) is 29.6 Å². The minimum Gasteiger partial charge on any atom is -0.304 e. The van der Waals surface area contributed by atoms with Crippen molar-refractivity contribution in [3.63, 3.8) is 0 Å². The van der Waals surface area contributed by atoms with Crippen LogP contribution in [0.15, 0.2) is 61.6 Å². The number of rotatable bonds is 4. The van der Waals surface area contributed by atoms with Crippen molar-refractivity contribution < 1.29 is 4.79 Å². The van der Waals surface area contributed by atoms with Crippen molar-refractivity contribution in [3.05, 3.63) is 77.9 Å². The topological polar surface area (TPSA) is 75.1 Å². The Bertz CT molecular complexity index is 1390. The second-order valence-corrected chi connectivity index (χ2v) is 9.60. The maximum Gasteiger partial charge on any atom is 0.240 e. The number of benzene rings is 1.